The lowest BCUT2D eigenvalue weighted by Gasteiger charge is -2.06. The van der Waals surface area contributed by atoms with E-state index in [1.54, 1.807) is 0 Å². The number of carboxylic acid groups (broad SMARTS) is 1. The molecule has 0 saturated carbocycles. The Labute approximate surface area is 135 Å². The number of benzene rings is 1. The topological polar surface area (TPSA) is 137 Å². The van der Waals surface area contributed by atoms with Crippen LogP contribution in [0.15, 0.2) is 30.5 Å². The summed E-state index contributed by atoms with van der Waals surface area (Å²) >= 11 is 0. The van der Waals surface area contributed by atoms with E-state index < -0.39 is 16.8 Å². The molecule has 0 fully saturated rings. The Bertz CT molecular complexity index is 785. The van der Waals surface area contributed by atoms with E-state index in [-0.39, 0.29) is 35.8 Å². The van der Waals surface area contributed by atoms with Crippen LogP contribution in [0.25, 0.3) is 0 Å². The first-order valence-electron chi connectivity index (χ1n) is 6.79. The van der Waals surface area contributed by atoms with Crippen LogP contribution in [0.2, 0.25) is 0 Å². The van der Waals surface area contributed by atoms with Crippen molar-refractivity contribution in [1.82, 2.24) is 9.78 Å². The van der Waals surface area contributed by atoms with Crippen molar-refractivity contribution in [2.24, 2.45) is 0 Å². The number of aryl methyl sites for hydroxylation is 1. The molecule has 24 heavy (non-hydrogen) atoms. The molecule has 0 unspecified atom stereocenters. The number of nitrogens with one attached hydrogen (secondary N) is 1. The molecule has 0 atom stereocenters. The molecule has 0 aliphatic rings. The minimum Gasteiger partial charge on any atom is -0.496 e. The number of aromatic nitrogens is 2. The number of anilines is 1. The number of rotatable bonds is 7. The highest BCUT2D eigenvalue weighted by Gasteiger charge is 2.19. The summed E-state index contributed by atoms with van der Waals surface area (Å²) in [4.78, 5) is 33.1. The molecule has 2 aromatic rings. The maximum Gasteiger partial charge on any atom is 0.305 e. The Morgan fingerprint density at radius 2 is 2.17 bits per heavy atom. The van der Waals surface area contributed by atoms with Crippen molar-refractivity contribution in [3.63, 3.8) is 0 Å². The number of nitrogens with zero attached hydrogens (tertiary/aromatic N) is 3. The Kier molecular flexibility index (Phi) is 5.09. The number of carbonyl (C=O) groups excluding carboxylic acids is 1. The Morgan fingerprint density at radius 3 is 2.79 bits per heavy atom. The van der Waals surface area contributed by atoms with Crippen LogP contribution >= 0.6 is 0 Å². The Hall–Kier alpha value is -3.43. The number of hydrogen-bond acceptors (Lipinski definition) is 6. The van der Waals surface area contributed by atoms with Gasteiger partial charge < -0.3 is 15.2 Å². The van der Waals surface area contributed by atoms with Gasteiger partial charge in [0.25, 0.3) is 11.6 Å². The van der Waals surface area contributed by atoms with Crippen molar-refractivity contribution < 1.29 is 24.4 Å². The van der Waals surface area contributed by atoms with Gasteiger partial charge in [-0.15, -0.1) is 0 Å². The maximum absolute atomic E-state index is 12.1. The summed E-state index contributed by atoms with van der Waals surface area (Å²) in [7, 11) is 1.38. The third-order valence-electron chi connectivity index (χ3n) is 3.08. The van der Waals surface area contributed by atoms with Crippen LogP contribution in [-0.2, 0) is 11.3 Å². The molecule has 1 amide bonds. The first-order chi connectivity index (χ1) is 11.4. The zero-order valence-corrected chi connectivity index (χ0v) is 12.6. The van der Waals surface area contributed by atoms with Gasteiger partial charge in [-0.3, -0.25) is 24.4 Å². The van der Waals surface area contributed by atoms with Gasteiger partial charge in [0, 0.05) is 6.20 Å². The molecule has 2 rings (SSSR count). The van der Waals surface area contributed by atoms with Crippen LogP contribution in [0.1, 0.15) is 16.9 Å². The van der Waals surface area contributed by atoms with Crippen molar-refractivity contribution in [1.29, 1.82) is 0 Å². The van der Waals surface area contributed by atoms with Crippen LogP contribution < -0.4 is 10.1 Å². The van der Waals surface area contributed by atoms with Crippen LogP contribution in [0.4, 0.5) is 11.4 Å². The number of methoxy groups -OCH3 is 1. The average Bonchev–Trinajstić information content (AvgIpc) is 3.02. The molecule has 0 radical (unpaired) electrons. The number of carboxylic acids is 1. The summed E-state index contributed by atoms with van der Waals surface area (Å²) in [6, 6.07) is 5.43. The molecule has 10 nitrogen and oxygen atoms in total. The lowest BCUT2D eigenvalue weighted by Crippen LogP contribution is -2.15. The number of carbonyl (C=O) groups is 2. The second-order valence-corrected chi connectivity index (χ2v) is 4.70. The second kappa shape index (κ2) is 7.22. The zero-order chi connectivity index (χ0) is 17.7. The SMILES string of the molecule is COc1ccc(NC(=O)c2ccn(CCC(=O)O)n2)c([N+](=O)[O-])c1. The third-order valence-corrected chi connectivity index (χ3v) is 3.08. The van der Waals surface area contributed by atoms with Crippen molar-refractivity contribution in [3.8, 4) is 5.75 Å². The van der Waals surface area contributed by atoms with E-state index >= 15 is 0 Å². The highest BCUT2D eigenvalue weighted by molar-refractivity contribution is 6.04. The van der Waals surface area contributed by atoms with Gasteiger partial charge in [0.15, 0.2) is 5.69 Å². The third kappa shape index (κ3) is 4.06. The summed E-state index contributed by atoms with van der Waals surface area (Å²) in [6.45, 7) is 0.116. The minimum absolute atomic E-state index is 0.00545. The number of aliphatic carboxylic acids is 1. The van der Waals surface area contributed by atoms with Gasteiger partial charge in [-0.2, -0.15) is 5.10 Å². The predicted octanol–water partition coefficient (Wildman–Crippen LogP) is 1.53. The fraction of sp³-hybridized carbons (Fsp3) is 0.214. The van der Waals surface area contributed by atoms with Crippen molar-refractivity contribution >= 4 is 23.3 Å². The smallest absolute Gasteiger partial charge is 0.305 e. The molecule has 0 saturated heterocycles. The standard InChI is InChI=1S/C14H14N4O6/c1-24-9-2-3-10(12(8-9)18(22)23)15-14(21)11-4-6-17(16-11)7-5-13(19)20/h2-4,6,8H,5,7H2,1H3,(H,15,21)(H,19,20). The lowest BCUT2D eigenvalue weighted by molar-refractivity contribution is -0.384. The first kappa shape index (κ1) is 16.9. The van der Waals surface area contributed by atoms with Gasteiger partial charge in [0.05, 0.1) is 31.1 Å². The van der Waals surface area contributed by atoms with Crippen LogP contribution in [-0.4, -0.2) is 38.8 Å². The molecule has 126 valence electrons. The van der Waals surface area contributed by atoms with Crippen molar-refractivity contribution in [2.75, 3.05) is 12.4 Å². The number of amides is 1. The highest BCUT2D eigenvalue weighted by Crippen LogP contribution is 2.29. The summed E-state index contributed by atoms with van der Waals surface area (Å²) < 4.78 is 6.23. The zero-order valence-electron chi connectivity index (χ0n) is 12.6. The maximum atomic E-state index is 12.1. The molecule has 1 heterocycles. The normalized spacial score (nSPS) is 10.2. The van der Waals surface area contributed by atoms with Crippen LogP contribution in [0, 0.1) is 10.1 Å². The Balaban J connectivity index is 2.15. The summed E-state index contributed by atoms with van der Waals surface area (Å²) in [6.07, 6.45) is 1.33. The number of nitro groups is 1. The number of hydrogen-bond donors (Lipinski definition) is 2. The molecular formula is C14H14N4O6. The summed E-state index contributed by atoms with van der Waals surface area (Å²) in [5.41, 5.74) is -0.288. The van der Waals surface area contributed by atoms with Gasteiger partial charge >= 0.3 is 5.97 Å². The average molecular weight is 334 g/mol. The highest BCUT2D eigenvalue weighted by atomic mass is 16.6. The molecule has 0 aliphatic heterocycles. The van der Waals surface area contributed by atoms with Gasteiger partial charge in [-0.1, -0.05) is 0 Å². The van der Waals surface area contributed by atoms with Crippen LogP contribution in [0.3, 0.4) is 0 Å². The van der Waals surface area contributed by atoms with Gasteiger partial charge in [-0.25, -0.2) is 0 Å². The fourth-order valence-corrected chi connectivity index (χ4v) is 1.90. The molecule has 0 spiro atoms. The second-order valence-electron chi connectivity index (χ2n) is 4.70. The van der Waals surface area contributed by atoms with E-state index in [0.29, 0.717) is 0 Å². The monoisotopic (exact) mass is 334 g/mol. The molecular weight excluding hydrogens is 320 g/mol. The van der Waals surface area contributed by atoms with Gasteiger partial charge in [0.2, 0.25) is 0 Å². The van der Waals surface area contributed by atoms with E-state index in [0.717, 1.165) is 0 Å². The number of ether oxygens (including phenoxy) is 1. The number of nitro benzene ring substituents is 1. The molecule has 1 aromatic heterocycles. The Morgan fingerprint density at radius 1 is 1.42 bits per heavy atom. The van der Waals surface area contributed by atoms with E-state index in [1.807, 2.05) is 0 Å². The molecule has 1 aromatic carbocycles. The fourth-order valence-electron chi connectivity index (χ4n) is 1.90. The van der Waals surface area contributed by atoms with Crippen molar-refractivity contribution in [2.45, 2.75) is 13.0 Å². The van der Waals surface area contributed by atoms with E-state index in [4.69, 9.17) is 9.84 Å². The van der Waals surface area contributed by atoms with E-state index in [2.05, 4.69) is 10.4 Å². The molecule has 10 heteroatoms. The van der Waals surface area contributed by atoms with E-state index in [1.165, 1.54) is 42.3 Å². The molecule has 2 N–H and O–H groups in total. The molecule has 0 bridgehead atoms. The van der Waals surface area contributed by atoms with Crippen molar-refractivity contribution in [3.05, 3.63) is 46.3 Å². The van der Waals surface area contributed by atoms with Gasteiger partial charge in [-0.05, 0) is 18.2 Å². The first-order valence-corrected chi connectivity index (χ1v) is 6.79. The molecule has 0 aliphatic carbocycles. The van der Waals surface area contributed by atoms with Gasteiger partial charge in [0.1, 0.15) is 11.4 Å². The van der Waals surface area contributed by atoms with E-state index in [9.17, 15) is 19.7 Å². The largest absolute Gasteiger partial charge is 0.496 e. The minimum atomic E-state index is -0.981. The quantitative estimate of drug-likeness (QED) is 0.578. The summed E-state index contributed by atoms with van der Waals surface area (Å²) in [5.74, 6) is -1.33. The predicted molar refractivity (Wildman–Crippen MR) is 82.1 cm³/mol. The van der Waals surface area contributed by atoms with Crippen LogP contribution in [0.5, 0.6) is 5.75 Å². The lowest BCUT2D eigenvalue weighted by atomic mass is 10.2. The summed E-state index contributed by atoms with van der Waals surface area (Å²) in [5, 5.41) is 26.0.